The lowest BCUT2D eigenvalue weighted by Crippen LogP contribution is -2.46. The largest absolute Gasteiger partial charge is 0.379 e. The molecule has 1 unspecified atom stereocenters. The van der Waals surface area contributed by atoms with Crippen molar-refractivity contribution in [3.8, 4) is 0 Å². The molecule has 0 amide bonds. The molecule has 0 radical (unpaired) electrons. The average Bonchev–Trinajstić information content (AvgIpc) is 3.23. The summed E-state index contributed by atoms with van der Waals surface area (Å²) < 4.78 is 5.53. The Kier molecular flexibility index (Phi) is 11.1. The predicted molar refractivity (Wildman–Crippen MR) is 129 cm³/mol. The zero-order chi connectivity index (χ0) is 18.9. The van der Waals surface area contributed by atoms with Gasteiger partial charge in [0.25, 0.3) is 0 Å². The number of morpholine rings is 1. The summed E-state index contributed by atoms with van der Waals surface area (Å²) in [5, 5.41) is 9.24. The van der Waals surface area contributed by atoms with E-state index in [-0.39, 0.29) is 24.0 Å². The number of piperidine rings is 1. The van der Waals surface area contributed by atoms with Crippen LogP contribution in [0.4, 0.5) is 0 Å². The minimum absolute atomic E-state index is 0. The van der Waals surface area contributed by atoms with Crippen LogP contribution in [0.3, 0.4) is 0 Å². The summed E-state index contributed by atoms with van der Waals surface area (Å²) in [5.41, 5.74) is 0. The lowest BCUT2D eigenvalue weighted by Gasteiger charge is -2.34. The predicted octanol–water partition coefficient (Wildman–Crippen LogP) is 2.64. The van der Waals surface area contributed by atoms with E-state index in [4.69, 9.17) is 4.74 Å². The summed E-state index contributed by atoms with van der Waals surface area (Å²) in [4.78, 5) is 10.8. The third-order valence-electron chi connectivity index (χ3n) is 5.73. The molecule has 6 nitrogen and oxygen atoms in total. The van der Waals surface area contributed by atoms with Crippen molar-refractivity contribution in [1.29, 1.82) is 0 Å². The molecule has 0 bridgehead atoms. The monoisotopic (exact) mass is 521 g/mol. The van der Waals surface area contributed by atoms with Gasteiger partial charge in [0.2, 0.25) is 0 Å². The van der Waals surface area contributed by atoms with E-state index < -0.39 is 0 Å². The van der Waals surface area contributed by atoms with Gasteiger partial charge in [0.05, 0.1) is 19.3 Å². The van der Waals surface area contributed by atoms with Crippen molar-refractivity contribution < 1.29 is 4.74 Å². The Hall–Kier alpha value is -0.420. The average molecular weight is 522 g/mol. The third-order valence-corrected chi connectivity index (χ3v) is 6.70. The molecule has 3 heterocycles. The molecule has 1 aromatic heterocycles. The van der Waals surface area contributed by atoms with Gasteiger partial charge in [0, 0.05) is 38.1 Å². The molecule has 0 aromatic carbocycles. The van der Waals surface area contributed by atoms with Gasteiger partial charge < -0.3 is 20.3 Å². The maximum Gasteiger partial charge on any atom is 0.191 e. The second-order valence-corrected chi connectivity index (χ2v) is 8.57. The number of likely N-dealkylation sites (tertiary alicyclic amines) is 1. The second kappa shape index (κ2) is 13.0. The van der Waals surface area contributed by atoms with E-state index in [0.29, 0.717) is 6.04 Å². The van der Waals surface area contributed by atoms with Crippen LogP contribution >= 0.6 is 35.3 Å². The molecule has 2 saturated heterocycles. The van der Waals surface area contributed by atoms with E-state index in [9.17, 15) is 0 Å². The molecule has 2 N–H and O–H groups in total. The summed E-state index contributed by atoms with van der Waals surface area (Å²) in [6, 6.07) is 4.76. The molecule has 28 heavy (non-hydrogen) atoms. The first-order valence-electron chi connectivity index (χ1n) is 10.2. The van der Waals surface area contributed by atoms with Crippen molar-refractivity contribution in [3.05, 3.63) is 22.4 Å². The Labute approximate surface area is 191 Å². The Morgan fingerprint density at radius 2 is 2.00 bits per heavy atom. The number of hydrogen-bond donors (Lipinski definition) is 2. The standard InChI is InChI=1S/C20H35N5OS.HI/c1-21-20(22-8-5-17-6-9-24(2)10-7-17)23-16-18(19-4-3-15-27-19)25-11-13-26-14-12-25;/h3-4,15,17-18H,5-14,16H2,1-2H3,(H2,21,22,23);1H. The quantitative estimate of drug-likeness (QED) is 0.329. The highest BCUT2D eigenvalue weighted by Crippen LogP contribution is 2.25. The normalized spacial score (nSPS) is 21.1. The van der Waals surface area contributed by atoms with Crippen LogP contribution < -0.4 is 10.6 Å². The number of hydrogen-bond acceptors (Lipinski definition) is 5. The van der Waals surface area contributed by atoms with Gasteiger partial charge >= 0.3 is 0 Å². The molecular weight excluding hydrogens is 485 g/mol. The smallest absolute Gasteiger partial charge is 0.191 e. The zero-order valence-corrected chi connectivity index (χ0v) is 20.4. The molecule has 160 valence electrons. The molecule has 8 heteroatoms. The number of aliphatic imine (C=N–C) groups is 1. The van der Waals surface area contributed by atoms with E-state index in [2.05, 4.69) is 50.0 Å². The maximum atomic E-state index is 5.53. The number of nitrogens with one attached hydrogen (secondary N) is 2. The van der Waals surface area contributed by atoms with Gasteiger partial charge in [0.1, 0.15) is 0 Å². The van der Waals surface area contributed by atoms with Gasteiger partial charge in [-0.1, -0.05) is 6.07 Å². The first kappa shape index (κ1) is 23.9. The minimum Gasteiger partial charge on any atom is -0.379 e. The van der Waals surface area contributed by atoms with E-state index >= 15 is 0 Å². The van der Waals surface area contributed by atoms with Crippen LogP contribution in [0.1, 0.15) is 30.2 Å². The highest BCUT2D eigenvalue weighted by molar-refractivity contribution is 14.0. The van der Waals surface area contributed by atoms with Crippen LogP contribution in [-0.4, -0.2) is 82.3 Å². The molecule has 1 aromatic rings. The van der Waals surface area contributed by atoms with E-state index in [1.165, 1.54) is 37.2 Å². The number of ether oxygens (including phenoxy) is 1. The van der Waals surface area contributed by atoms with Gasteiger partial charge in [0.15, 0.2) is 5.96 Å². The Balaban J connectivity index is 0.00000280. The van der Waals surface area contributed by atoms with Crippen molar-refractivity contribution in [2.45, 2.75) is 25.3 Å². The van der Waals surface area contributed by atoms with E-state index in [0.717, 1.165) is 51.3 Å². The third kappa shape index (κ3) is 7.44. The summed E-state index contributed by atoms with van der Waals surface area (Å²) in [7, 11) is 4.08. The first-order chi connectivity index (χ1) is 13.3. The van der Waals surface area contributed by atoms with Crippen LogP contribution in [0, 0.1) is 5.92 Å². The van der Waals surface area contributed by atoms with Gasteiger partial charge in [-0.05, 0) is 56.8 Å². The van der Waals surface area contributed by atoms with Crippen LogP contribution in [0.25, 0.3) is 0 Å². The molecule has 0 saturated carbocycles. The van der Waals surface area contributed by atoms with Crippen LogP contribution in [0.15, 0.2) is 22.5 Å². The summed E-state index contributed by atoms with van der Waals surface area (Å²) in [5.74, 6) is 1.76. The molecule has 3 rings (SSSR count). The zero-order valence-electron chi connectivity index (χ0n) is 17.2. The Morgan fingerprint density at radius 3 is 2.64 bits per heavy atom. The van der Waals surface area contributed by atoms with Gasteiger partial charge in [-0.2, -0.15) is 0 Å². The minimum atomic E-state index is 0. The first-order valence-corrected chi connectivity index (χ1v) is 11.1. The lowest BCUT2D eigenvalue weighted by molar-refractivity contribution is 0.0177. The molecule has 2 aliphatic heterocycles. The van der Waals surface area contributed by atoms with Gasteiger partial charge in [-0.25, -0.2) is 0 Å². The number of thiophene rings is 1. The summed E-state index contributed by atoms with van der Waals surface area (Å²) in [6.07, 6.45) is 3.87. The van der Waals surface area contributed by atoms with Gasteiger partial charge in [-0.15, -0.1) is 35.3 Å². The molecular formula is C20H36IN5OS. The highest BCUT2D eigenvalue weighted by atomic mass is 127. The summed E-state index contributed by atoms with van der Waals surface area (Å²) in [6.45, 7) is 7.97. The van der Waals surface area contributed by atoms with Crippen LogP contribution in [0.2, 0.25) is 0 Å². The van der Waals surface area contributed by atoms with Crippen LogP contribution in [-0.2, 0) is 4.74 Å². The van der Waals surface area contributed by atoms with Gasteiger partial charge in [-0.3, -0.25) is 9.89 Å². The number of guanidine groups is 1. The van der Waals surface area contributed by atoms with E-state index in [1.807, 2.05) is 18.4 Å². The van der Waals surface area contributed by atoms with Crippen molar-refractivity contribution in [3.63, 3.8) is 0 Å². The number of nitrogens with zero attached hydrogens (tertiary/aromatic N) is 3. The summed E-state index contributed by atoms with van der Waals surface area (Å²) >= 11 is 1.83. The molecule has 2 aliphatic rings. The van der Waals surface area contributed by atoms with Crippen LogP contribution in [0.5, 0.6) is 0 Å². The second-order valence-electron chi connectivity index (χ2n) is 7.59. The van der Waals surface area contributed by atoms with Crippen molar-refractivity contribution in [2.75, 3.05) is 66.6 Å². The number of rotatable bonds is 7. The van der Waals surface area contributed by atoms with Crippen molar-refractivity contribution >= 4 is 41.3 Å². The molecule has 1 atom stereocenters. The lowest BCUT2D eigenvalue weighted by atomic mass is 9.94. The fraction of sp³-hybridized carbons (Fsp3) is 0.750. The molecule has 2 fully saturated rings. The maximum absolute atomic E-state index is 5.53. The van der Waals surface area contributed by atoms with Crippen molar-refractivity contribution in [1.82, 2.24) is 20.4 Å². The Morgan fingerprint density at radius 1 is 1.25 bits per heavy atom. The molecule has 0 spiro atoms. The number of halogens is 1. The fourth-order valence-electron chi connectivity index (χ4n) is 3.94. The van der Waals surface area contributed by atoms with Crippen molar-refractivity contribution in [2.24, 2.45) is 10.9 Å². The Bertz CT molecular complexity index is 557. The highest BCUT2D eigenvalue weighted by Gasteiger charge is 2.23. The fourth-order valence-corrected chi connectivity index (χ4v) is 4.80. The SMILES string of the molecule is CN=C(NCCC1CCN(C)CC1)NCC(c1cccs1)N1CCOCC1.I. The van der Waals surface area contributed by atoms with E-state index in [1.54, 1.807) is 0 Å². The topological polar surface area (TPSA) is 52.1 Å². The molecule has 0 aliphatic carbocycles.